The van der Waals surface area contributed by atoms with Gasteiger partial charge in [-0.1, -0.05) is 37.3 Å². The van der Waals surface area contributed by atoms with E-state index in [0.29, 0.717) is 12.4 Å². The number of aromatic nitrogens is 5. The molecule has 3 heterocycles. The van der Waals surface area contributed by atoms with Gasteiger partial charge in [0.2, 0.25) is 5.91 Å². The number of amides is 1. The number of hydrogen-bond acceptors (Lipinski definition) is 6. The monoisotopic (exact) mass is 441 g/mol. The van der Waals surface area contributed by atoms with E-state index in [9.17, 15) is 4.79 Å². The van der Waals surface area contributed by atoms with Crippen molar-refractivity contribution in [1.29, 1.82) is 0 Å². The number of rotatable bonds is 8. The molecule has 8 heteroatoms. The fourth-order valence-electron chi connectivity index (χ4n) is 3.48. The van der Waals surface area contributed by atoms with E-state index in [1.54, 1.807) is 23.1 Å². The third-order valence-corrected chi connectivity index (χ3v) is 5.45. The van der Waals surface area contributed by atoms with Crippen molar-refractivity contribution in [1.82, 2.24) is 30.0 Å². The van der Waals surface area contributed by atoms with Crippen molar-refractivity contribution in [2.24, 2.45) is 7.05 Å². The molecule has 0 spiro atoms. The third kappa shape index (κ3) is 5.67. The summed E-state index contributed by atoms with van der Waals surface area (Å²) in [5.74, 6) is 1.20. The second kappa shape index (κ2) is 10.1. The van der Waals surface area contributed by atoms with Crippen LogP contribution in [0.15, 0.2) is 73.4 Å². The smallest absolute Gasteiger partial charge is 0.247 e. The molecule has 2 atom stereocenters. The molecule has 0 aliphatic carbocycles. The summed E-state index contributed by atoms with van der Waals surface area (Å²) in [5, 5.41) is 10.5. The Bertz CT molecular complexity index is 1190. The minimum atomic E-state index is -0.528. The van der Waals surface area contributed by atoms with Crippen molar-refractivity contribution in [3.05, 3.63) is 90.4 Å². The predicted molar refractivity (Wildman–Crippen MR) is 127 cm³/mol. The number of aryl methyl sites for hydroxylation is 2. The maximum absolute atomic E-state index is 13.2. The molecule has 0 aliphatic rings. The molecule has 3 aromatic heterocycles. The topological polar surface area (TPSA) is 97.6 Å². The van der Waals surface area contributed by atoms with Gasteiger partial charge in [0.25, 0.3) is 0 Å². The predicted octanol–water partition coefficient (Wildman–Crippen LogP) is 3.65. The van der Waals surface area contributed by atoms with E-state index in [0.717, 1.165) is 28.1 Å². The molecule has 0 radical (unpaired) electrons. The van der Waals surface area contributed by atoms with Gasteiger partial charge in [-0.3, -0.25) is 9.48 Å². The van der Waals surface area contributed by atoms with E-state index in [1.807, 2.05) is 69.0 Å². The van der Waals surface area contributed by atoms with Crippen LogP contribution >= 0.6 is 0 Å². The van der Waals surface area contributed by atoms with Crippen LogP contribution in [0.4, 0.5) is 5.82 Å². The molecule has 168 valence electrons. The van der Waals surface area contributed by atoms with Gasteiger partial charge >= 0.3 is 0 Å². The van der Waals surface area contributed by atoms with Crippen molar-refractivity contribution in [3.63, 3.8) is 0 Å². The Balaban J connectivity index is 1.46. The number of pyridine rings is 1. The third-order valence-electron chi connectivity index (χ3n) is 5.45. The SMILES string of the molecule is Cc1ncc(C(C)CNC(C(=O)Nc2ccc(-c3cnn(C)c3)cn2)c2ccccc2)cn1. The van der Waals surface area contributed by atoms with Crippen molar-refractivity contribution in [2.75, 3.05) is 11.9 Å². The van der Waals surface area contributed by atoms with Crippen LogP contribution in [-0.4, -0.2) is 37.2 Å². The number of benzene rings is 1. The van der Waals surface area contributed by atoms with Crippen LogP contribution in [0.1, 0.15) is 35.8 Å². The number of carbonyl (C=O) groups excluding carboxylic acids is 1. The van der Waals surface area contributed by atoms with E-state index >= 15 is 0 Å². The molecule has 0 saturated heterocycles. The van der Waals surface area contributed by atoms with Gasteiger partial charge < -0.3 is 10.6 Å². The Kier molecular flexibility index (Phi) is 6.85. The van der Waals surface area contributed by atoms with Gasteiger partial charge in [-0.15, -0.1) is 0 Å². The molecule has 1 amide bonds. The highest BCUT2D eigenvalue weighted by Crippen LogP contribution is 2.21. The largest absolute Gasteiger partial charge is 0.309 e. The molecule has 2 N–H and O–H groups in total. The highest BCUT2D eigenvalue weighted by Gasteiger charge is 2.22. The standard InChI is InChI=1S/C25H27N7O/c1-17(21-13-26-18(2)27-14-21)11-29-24(19-7-5-4-6-8-19)25(33)31-23-10-9-20(12-28-23)22-15-30-32(3)16-22/h4-10,12-17,24,29H,11H2,1-3H3,(H,28,31,33). The lowest BCUT2D eigenvalue weighted by atomic mass is 10.0. The lowest BCUT2D eigenvalue weighted by Crippen LogP contribution is -2.35. The number of nitrogens with zero attached hydrogens (tertiary/aromatic N) is 5. The Labute approximate surface area is 193 Å². The zero-order valence-corrected chi connectivity index (χ0v) is 18.9. The quantitative estimate of drug-likeness (QED) is 0.433. The zero-order valence-electron chi connectivity index (χ0n) is 18.9. The Morgan fingerprint density at radius 2 is 1.70 bits per heavy atom. The number of hydrogen-bond donors (Lipinski definition) is 2. The Morgan fingerprint density at radius 3 is 2.33 bits per heavy atom. The lowest BCUT2D eigenvalue weighted by molar-refractivity contribution is -0.118. The fourth-order valence-corrected chi connectivity index (χ4v) is 3.48. The zero-order chi connectivity index (χ0) is 23.2. The molecular formula is C25H27N7O. The van der Waals surface area contributed by atoms with Crippen LogP contribution < -0.4 is 10.6 Å². The number of carbonyl (C=O) groups is 1. The van der Waals surface area contributed by atoms with Crippen LogP contribution in [0.5, 0.6) is 0 Å². The van der Waals surface area contributed by atoms with Crippen molar-refractivity contribution < 1.29 is 4.79 Å². The minimum Gasteiger partial charge on any atom is -0.309 e. The van der Waals surface area contributed by atoms with Gasteiger partial charge in [0.05, 0.1) is 6.20 Å². The first kappa shape index (κ1) is 22.3. The molecular weight excluding hydrogens is 414 g/mol. The Hall–Kier alpha value is -3.91. The van der Waals surface area contributed by atoms with Crippen LogP contribution in [0, 0.1) is 6.92 Å². The van der Waals surface area contributed by atoms with E-state index in [4.69, 9.17) is 0 Å². The first-order chi connectivity index (χ1) is 16.0. The van der Waals surface area contributed by atoms with Gasteiger partial charge in [0.1, 0.15) is 17.7 Å². The molecule has 4 rings (SSSR count). The summed E-state index contributed by atoms with van der Waals surface area (Å²) in [6.45, 7) is 4.53. The van der Waals surface area contributed by atoms with E-state index in [2.05, 4.69) is 37.6 Å². The summed E-state index contributed by atoms with van der Waals surface area (Å²) in [5.41, 5.74) is 3.82. The number of nitrogens with one attached hydrogen (secondary N) is 2. The molecule has 2 unspecified atom stereocenters. The summed E-state index contributed by atoms with van der Waals surface area (Å²) < 4.78 is 1.74. The molecule has 33 heavy (non-hydrogen) atoms. The summed E-state index contributed by atoms with van der Waals surface area (Å²) >= 11 is 0. The average molecular weight is 442 g/mol. The van der Waals surface area contributed by atoms with E-state index in [1.165, 1.54) is 0 Å². The average Bonchev–Trinajstić information content (AvgIpc) is 3.27. The van der Waals surface area contributed by atoms with Crippen molar-refractivity contribution >= 4 is 11.7 Å². The van der Waals surface area contributed by atoms with Gasteiger partial charge in [0.15, 0.2) is 0 Å². The maximum Gasteiger partial charge on any atom is 0.247 e. The van der Waals surface area contributed by atoms with Gasteiger partial charge in [0, 0.05) is 49.5 Å². The van der Waals surface area contributed by atoms with E-state index in [-0.39, 0.29) is 11.8 Å². The van der Waals surface area contributed by atoms with Gasteiger partial charge in [-0.25, -0.2) is 15.0 Å². The molecule has 0 bridgehead atoms. The summed E-state index contributed by atoms with van der Waals surface area (Å²) in [6, 6.07) is 12.9. The Morgan fingerprint density at radius 1 is 0.939 bits per heavy atom. The van der Waals surface area contributed by atoms with Crippen molar-refractivity contribution in [3.8, 4) is 11.1 Å². The normalized spacial score (nSPS) is 12.8. The second-order valence-corrected chi connectivity index (χ2v) is 8.04. The molecule has 8 nitrogen and oxygen atoms in total. The minimum absolute atomic E-state index is 0.140. The fraction of sp³-hybridized carbons (Fsp3) is 0.240. The van der Waals surface area contributed by atoms with Crippen LogP contribution in [0.25, 0.3) is 11.1 Å². The summed E-state index contributed by atoms with van der Waals surface area (Å²) in [4.78, 5) is 26.2. The molecule has 1 aromatic carbocycles. The second-order valence-electron chi connectivity index (χ2n) is 8.04. The highest BCUT2D eigenvalue weighted by atomic mass is 16.2. The van der Waals surface area contributed by atoms with Crippen LogP contribution in [-0.2, 0) is 11.8 Å². The van der Waals surface area contributed by atoms with Crippen LogP contribution in [0.3, 0.4) is 0 Å². The first-order valence-electron chi connectivity index (χ1n) is 10.8. The number of anilines is 1. The maximum atomic E-state index is 13.2. The lowest BCUT2D eigenvalue weighted by Gasteiger charge is -2.21. The molecule has 4 aromatic rings. The first-order valence-corrected chi connectivity index (χ1v) is 10.8. The summed E-state index contributed by atoms with van der Waals surface area (Å²) in [6.07, 6.45) is 9.10. The van der Waals surface area contributed by atoms with E-state index < -0.39 is 6.04 Å². The van der Waals surface area contributed by atoms with Gasteiger partial charge in [-0.2, -0.15) is 5.10 Å². The summed E-state index contributed by atoms with van der Waals surface area (Å²) in [7, 11) is 1.87. The molecule has 0 fully saturated rings. The molecule has 0 saturated carbocycles. The molecule has 0 aliphatic heterocycles. The van der Waals surface area contributed by atoms with Gasteiger partial charge in [-0.05, 0) is 36.1 Å². The highest BCUT2D eigenvalue weighted by molar-refractivity contribution is 5.95. The van der Waals surface area contributed by atoms with Crippen LogP contribution in [0.2, 0.25) is 0 Å². The van der Waals surface area contributed by atoms with Crippen molar-refractivity contribution in [2.45, 2.75) is 25.8 Å².